The Morgan fingerprint density at radius 3 is 2.71 bits per heavy atom. The molecule has 5 nitrogen and oxygen atoms in total. The molecule has 1 atom stereocenters. The fraction of sp³-hybridized carbons (Fsp3) is 0.364. The number of methoxy groups -OCH3 is 1. The lowest BCUT2D eigenvalue weighted by molar-refractivity contribution is -0.144. The molecule has 0 aliphatic rings. The molecule has 0 radical (unpaired) electrons. The Bertz CT molecular complexity index is 422. The summed E-state index contributed by atoms with van der Waals surface area (Å²) in [5.41, 5.74) is 6.27. The Balaban J connectivity index is 3.09. The molecule has 0 saturated carbocycles. The van der Waals surface area contributed by atoms with Gasteiger partial charge in [0.25, 0.3) is 0 Å². The van der Waals surface area contributed by atoms with E-state index in [-0.39, 0.29) is 10.8 Å². The van der Waals surface area contributed by atoms with E-state index in [1.54, 1.807) is 12.1 Å². The summed E-state index contributed by atoms with van der Waals surface area (Å²) in [7, 11) is 1.45. The van der Waals surface area contributed by atoms with Gasteiger partial charge in [-0.2, -0.15) is 0 Å². The predicted molar refractivity (Wildman–Crippen MR) is 63.6 cm³/mol. The molecule has 1 aromatic rings. The maximum atomic E-state index is 10.7. The van der Waals surface area contributed by atoms with E-state index in [1.807, 2.05) is 0 Å². The lowest BCUT2D eigenvalue weighted by Gasteiger charge is -2.16. The van der Waals surface area contributed by atoms with Crippen LogP contribution in [0.2, 0.25) is 5.02 Å². The Morgan fingerprint density at radius 1 is 1.59 bits per heavy atom. The Morgan fingerprint density at radius 2 is 2.24 bits per heavy atom. The first-order valence-electron chi connectivity index (χ1n) is 4.95. The van der Waals surface area contributed by atoms with Crippen molar-refractivity contribution in [2.75, 3.05) is 7.11 Å². The number of ether oxygens (including phenoxy) is 2. The van der Waals surface area contributed by atoms with Gasteiger partial charge < -0.3 is 20.3 Å². The van der Waals surface area contributed by atoms with Crippen LogP contribution in [0.5, 0.6) is 11.5 Å². The lowest BCUT2D eigenvalue weighted by Crippen LogP contribution is -2.23. The molecule has 17 heavy (non-hydrogen) atoms. The number of nitrogens with two attached hydrogens (primary N) is 1. The molecule has 1 unspecified atom stereocenters. The van der Waals surface area contributed by atoms with E-state index in [9.17, 15) is 4.79 Å². The summed E-state index contributed by atoms with van der Waals surface area (Å²) >= 11 is 5.99. The topological polar surface area (TPSA) is 81.8 Å². The molecule has 6 heteroatoms. The first-order chi connectivity index (χ1) is 7.99. The van der Waals surface area contributed by atoms with Crippen LogP contribution in [0.3, 0.4) is 0 Å². The fourth-order valence-corrected chi connectivity index (χ4v) is 1.51. The molecule has 1 aromatic carbocycles. The molecule has 3 N–H and O–H groups in total. The number of hydrogen-bond acceptors (Lipinski definition) is 4. The molecule has 1 rings (SSSR count). The fourth-order valence-electron chi connectivity index (χ4n) is 1.23. The van der Waals surface area contributed by atoms with Crippen LogP contribution in [0.15, 0.2) is 12.1 Å². The van der Waals surface area contributed by atoms with Gasteiger partial charge in [-0.25, -0.2) is 4.79 Å². The van der Waals surface area contributed by atoms with Gasteiger partial charge in [0.2, 0.25) is 0 Å². The molecular formula is C11H14ClNO4. The van der Waals surface area contributed by atoms with E-state index in [1.165, 1.54) is 14.0 Å². The minimum Gasteiger partial charge on any atom is -0.493 e. The Labute approximate surface area is 104 Å². The van der Waals surface area contributed by atoms with E-state index in [0.717, 1.165) is 5.56 Å². The second-order valence-corrected chi connectivity index (χ2v) is 3.82. The zero-order chi connectivity index (χ0) is 13.0. The van der Waals surface area contributed by atoms with Gasteiger partial charge in [0.05, 0.1) is 12.1 Å². The summed E-state index contributed by atoms with van der Waals surface area (Å²) in [6.07, 6.45) is -1.01. The zero-order valence-corrected chi connectivity index (χ0v) is 10.3. The van der Waals surface area contributed by atoms with Crippen LogP contribution in [0.25, 0.3) is 0 Å². The van der Waals surface area contributed by atoms with Crippen LogP contribution in [0.4, 0.5) is 0 Å². The van der Waals surface area contributed by atoms with Gasteiger partial charge in [-0.05, 0) is 24.6 Å². The van der Waals surface area contributed by atoms with Gasteiger partial charge >= 0.3 is 5.97 Å². The summed E-state index contributed by atoms with van der Waals surface area (Å²) < 4.78 is 10.3. The van der Waals surface area contributed by atoms with Gasteiger partial charge in [-0.1, -0.05) is 11.6 Å². The molecule has 94 valence electrons. The molecule has 0 aliphatic heterocycles. The Hall–Kier alpha value is -1.46. The van der Waals surface area contributed by atoms with Gasteiger partial charge in [0, 0.05) is 6.54 Å². The van der Waals surface area contributed by atoms with Crippen LogP contribution in [-0.2, 0) is 11.3 Å². The van der Waals surface area contributed by atoms with Crippen molar-refractivity contribution in [1.29, 1.82) is 0 Å². The number of carboxylic acids is 1. The maximum absolute atomic E-state index is 10.7. The highest BCUT2D eigenvalue weighted by molar-refractivity contribution is 6.32. The van der Waals surface area contributed by atoms with Crippen LogP contribution in [-0.4, -0.2) is 24.3 Å². The molecule has 0 amide bonds. The predicted octanol–water partition coefficient (Wildman–Crippen LogP) is 1.66. The number of carbonyl (C=O) groups is 1. The van der Waals surface area contributed by atoms with Gasteiger partial charge in [0.1, 0.15) is 0 Å². The van der Waals surface area contributed by atoms with Crippen molar-refractivity contribution in [3.8, 4) is 11.5 Å². The van der Waals surface area contributed by atoms with Crippen molar-refractivity contribution in [2.45, 2.75) is 19.6 Å². The van der Waals surface area contributed by atoms with Crippen molar-refractivity contribution >= 4 is 17.6 Å². The summed E-state index contributed by atoms with van der Waals surface area (Å²) in [6, 6.07) is 3.28. The molecular weight excluding hydrogens is 246 g/mol. The second-order valence-electron chi connectivity index (χ2n) is 3.41. The highest BCUT2D eigenvalue weighted by atomic mass is 35.5. The smallest absolute Gasteiger partial charge is 0.344 e. The van der Waals surface area contributed by atoms with Crippen LogP contribution >= 0.6 is 11.6 Å². The quantitative estimate of drug-likeness (QED) is 0.840. The van der Waals surface area contributed by atoms with Crippen molar-refractivity contribution in [3.05, 3.63) is 22.7 Å². The summed E-state index contributed by atoms with van der Waals surface area (Å²) in [4.78, 5) is 10.7. The standard InChI is InChI=1S/C11H14ClNO4/c1-6(11(14)15)17-10-8(12)3-7(5-13)4-9(10)16-2/h3-4,6H,5,13H2,1-2H3,(H,14,15). The molecule has 0 fully saturated rings. The van der Waals surface area contributed by atoms with Gasteiger partial charge in [0.15, 0.2) is 17.6 Å². The number of benzene rings is 1. The summed E-state index contributed by atoms with van der Waals surface area (Å²) in [5.74, 6) is -0.502. The molecule has 0 bridgehead atoms. The van der Waals surface area contributed by atoms with Crippen LogP contribution in [0.1, 0.15) is 12.5 Å². The number of halogens is 1. The maximum Gasteiger partial charge on any atom is 0.344 e. The second kappa shape index (κ2) is 5.75. The highest BCUT2D eigenvalue weighted by Gasteiger charge is 2.18. The average Bonchev–Trinajstić information content (AvgIpc) is 2.30. The first-order valence-corrected chi connectivity index (χ1v) is 5.33. The zero-order valence-electron chi connectivity index (χ0n) is 9.57. The highest BCUT2D eigenvalue weighted by Crippen LogP contribution is 2.37. The largest absolute Gasteiger partial charge is 0.493 e. The molecule has 0 spiro atoms. The van der Waals surface area contributed by atoms with Crippen molar-refractivity contribution < 1.29 is 19.4 Å². The van der Waals surface area contributed by atoms with E-state index in [0.29, 0.717) is 12.3 Å². The minimum atomic E-state index is -1.08. The van der Waals surface area contributed by atoms with Crippen molar-refractivity contribution in [1.82, 2.24) is 0 Å². The summed E-state index contributed by atoms with van der Waals surface area (Å²) in [5, 5.41) is 9.05. The van der Waals surface area contributed by atoms with E-state index in [4.69, 9.17) is 31.9 Å². The van der Waals surface area contributed by atoms with Gasteiger partial charge in [-0.3, -0.25) is 0 Å². The SMILES string of the molecule is COc1cc(CN)cc(Cl)c1OC(C)C(=O)O. The molecule has 0 aromatic heterocycles. The number of aliphatic carboxylic acids is 1. The van der Waals surface area contributed by atoms with E-state index in [2.05, 4.69) is 0 Å². The molecule has 0 heterocycles. The van der Waals surface area contributed by atoms with E-state index >= 15 is 0 Å². The Kier molecular flexibility index (Phi) is 4.60. The minimum absolute atomic E-state index is 0.210. The number of rotatable bonds is 5. The normalized spacial score (nSPS) is 12.0. The third-order valence-corrected chi connectivity index (χ3v) is 2.45. The lowest BCUT2D eigenvalue weighted by atomic mass is 10.2. The summed E-state index contributed by atoms with van der Waals surface area (Å²) in [6.45, 7) is 1.72. The van der Waals surface area contributed by atoms with Crippen molar-refractivity contribution in [3.63, 3.8) is 0 Å². The van der Waals surface area contributed by atoms with Crippen LogP contribution < -0.4 is 15.2 Å². The number of hydrogen-bond donors (Lipinski definition) is 2. The number of carboxylic acid groups (broad SMARTS) is 1. The van der Waals surface area contributed by atoms with Gasteiger partial charge in [-0.15, -0.1) is 0 Å². The van der Waals surface area contributed by atoms with E-state index < -0.39 is 12.1 Å². The average molecular weight is 260 g/mol. The molecule has 0 aliphatic carbocycles. The first kappa shape index (κ1) is 13.6. The third kappa shape index (κ3) is 3.25. The monoisotopic (exact) mass is 259 g/mol. The van der Waals surface area contributed by atoms with Crippen LogP contribution in [0, 0.1) is 0 Å². The molecule has 0 saturated heterocycles. The van der Waals surface area contributed by atoms with Crippen molar-refractivity contribution in [2.24, 2.45) is 5.73 Å². The third-order valence-electron chi connectivity index (χ3n) is 2.17.